The third-order valence-corrected chi connectivity index (χ3v) is 6.39. The maximum absolute atomic E-state index is 12.7. The summed E-state index contributed by atoms with van der Waals surface area (Å²) < 4.78 is 38.3. The van der Waals surface area contributed by atoms with Gasteiger partial charge in [0.1, 0.15) is 18.2 Å². The number of halogens is 1. The van der Waals surface area contributed by atoms with Crippen LogP contribution in [-0.4, -0.2) is 20.4 Å². The van der Waals surface area contributed by atoms with Crippen molar-refractivity contribution < 1.29 is 22.4 Å². The van der Waals surface area contributed by atoms with Crippen molar-refractivity contribution in [3.8, 4) is 0 Å². The molecule has 0 bridgehead atoms. The molecule has 0 fully saturated rings. The van der Waals surface area contributed by atoms with E-state index in [1.807, 2.05) is 13.0 Å². The maximum atomic E-state index is 12.7. The number of nitrogens with one attached hydrogen (secondary N) is 1. The lowest BCUT2D eigenvalue weighted by Gasteiger charge is -2.21. The van der Waals surface area contributed by atoms with Crippen LogP contribution in [0, 0.1) is 12.8 Å². The average Bonchev–Trinajstić information content (AvgIpc) is 2.69. The Balaban J connectivity index is 1.80. The lowest BCUT2D eigenvalue weighted by atomic mass is 10.1. The van der Waals surface area contributed by atoms with Crippen molar-refractivity contribution in [1.82, 2.24) is 4.72 Å². The van der Waals surface area contributed by atoms with Gasteiger partial charge in [0.2, 0.25) is 10.0 Å². The summed E-state index contributed by atoms with van der Waals surface area (Å²) in [6, 6.07) is 11.1. The van der Waals surface area contributed by atoms with Gasteiger partial charge in [-0.3, -0.25) is 4.79 Å². The molecule has 0 aliphatic carbocycles. The normalized spacial score (nSPS) is 12.8. The SMILES string of the molecule is Cc1ccc2c(COC(=O)C(NS(=O)(=O)c3ccc(Cl)cc3)C(C)C)cc(=O)oc2c1. The van der Waals surface area contributed by atoms with Crippen molar-refractivity contribution >= 4 is 38.6 Å². The van der Waals surface area contributed by atoms with E-state index in [9.17, 15) is 18.0 Å². The van der Waals surface area contributed by atoms with Gasteiger partial charge in [-0.1, -0.05) is 37.6 Å². The zero-order chi connectivity index (χ0) is 22.8. The molecule has 0 saturated carbocycles. The van der Waals surface area contributed by atoms with Crippen LogP contribution in [0.15, 0.2) is 62.6 Å². The van der Waals surface area contributed by atoms with E-state index in [0.29, 0.717) is 21.6 Å². The number of rotatable bonds is 7. The Hall–Kier alpha value is -2.68. The molecule has 2 aromatic carbocycles. The second kappa shape index (κ2) is 9.21. The van der Waals surface area contributed by atoms with Gasteiger partial charge >= 0.3 is 11.6 Å². The van der Waals surface area contributed by atoms with Gasteiger partial charge in [0.15, 0.2) is 0 Å². The first kappa shape index (κ1) is 23.0. The van der Waals surface area contributed by atoms with Gasteiger partial charge in [0.25, 0.3) is 0 Å². The standard InChI is InChI=1S/C22H22ClNO6S/c1-13(2)21(24-31(27,28)17-7-5-16(23)6-8-17)22(26)29-12-15-11-20(25)30-19-10-14(3)4-9-18(15)19/h4-11,13,21,24H,12H2,1-3H3. The van der Waals surface area contributed by atoms with Crippen molar-refractivity contribution in [3.63, 3.8) is 0 Å². The van der Waals surface area contributed by atoms with Crippen LogP contribution in [-0.2, 0) is 26.2 Å². The molecule has 1 unspecified atom stereocenters. The van der Waals surface area contributed by atoms with Crippen LogP contribution in [0.1, 0.15) is 25.0 Å². The van der Waals surface area contributed by atoms with Gasteiger partial charge < -0.3 is 9.15 Å². The molecule has 1 heterocycles. The van der Waals surface area contributed by atoms with E-state index in [4.69, 9.17) is 20.8 Å². The lowest BCUT2D eigenvalue weighted by molar-refractivity contribution is -0.148. The van der Waals surface area contributed by atoms with Crippen LogP contribution in [0.2, 0.25) is 5.02 Å². The van der Waals surface area contributed by atoms with Crippen LogP contribution < -0.4 is 10.3 Å². The minimum absolute atomic E-state index is 0.0163. The Morgan fingerprint density at radius 1 is 1.13 bits per heavy atom. The first-order chi connectivity index (χ1) is 14.6. The van der Waals surface area contributed by atoms with Crippen molar-refractivity contribution in [2.24, 2.45) is 5.92 Å². The van der Waals surface area contributed by atoms with E-state index >= 15 is 0 Å². The third-order valence-electron chi connectivity index (χ3n) is 4.68. The molecule has 31 heavy (non-hydrogen) atoms. The van der Waals surface area contributed by atoms with E-state index in [-0.39, 0.29) is 17.4 Å². The number of hydrogen-bond donors (Lipinski definition) is 1. The number of carbonyl (C=O) groups is 1. The van der Waals surface area contributed by atoms with E-state index in [0.717, 1.165) is 5.56 Å². The summed E-state index contributed by atoms with van der Waals surface area (Å²) >= 11 is 5.81. The maximum Gasteiger partial charge on any atom is 0.336 e. The molecule has 7 nitrogen and oxygen atoms in total. The minimum Gasteiger partial charge on any atom is -0.460 e. The van der Waals surface area contributed by atoms with Crippen LogP contribution >= 0.6 is 11.6 Å². The number of carbonyl (C=O) groups excluding carboxylic acids is 1. The summed E-state index contributed by atoms with van der Waals surface area (Å²) in [6.45, 7) is 5.07. The van der Waals surface area contributed by atoms with Crippen LogP contribution in [0.25, 0.3) is 11.0 Å². The number of ether oxygens (including phenoxy) is 1. The zero-order valence-electron chi connectivity index (χ0n) is 17.2. The van der Waals surface area contributed by atoms with Crippen molar-refractivity contribution in [2.45, 2.75) is 38.3 Å². The molecule has 1 N–H and O–H groups in total. The van der Waals surface area contributed by atoms with Gasteiger partial charge in [-0.2, -0.15) is 4.72 Å². The molecule has 3 aromatic rings. The molecule has 0 aliphatic rings. The highest BCUT2D eigenvalue weighted by atomic mass is 35.5. The quantitative estimate of drug-likeness (QED) is 0.422. The highest BCUT2D eigenvalue weighted by Gasteiger charge is 2.30. The van der Waals surface area contributed by atoms with E-state index in [1.54, 1.807) is 26.0 Å². The molecule has 1 atom stereocenters. The Morgan fingerprint density at radius 2 is 1.81 bits per heavy atom. The summed E-state index contributed by atoms with van der Waals surface area (Å²) in [5.74, 6) is -1.13. The molecule has 3 rings (SSSR count). The predicted octanol–water partition coefficient (Wildman–Crippen LogP) is 3.80. The first-order valence-corrected chi connectivity index (χ1v) is 11.4. The highest BCUT2D eigenvalue weighted by Crippen LogP contribution is 2.20. The molecule has 0 amide bonds. The average molecular weight is 464 g/mol. The number of esters is 1. The van der Waals surface area contributed by atoms with Crippen LogP contribution in [0.5, 0.6) is 0 Å². The molecular formula is C22H22ClNO6S. The number of benzene rings is 2. The summed E-state index contributed by atoms with van der Waals surface area (Å²) in [5.41, 5.74) is 1.22. The number of sulfonamides is 1. The molecule has 9 heteroatoms. The molecule has 1 aromatic heterocycles. The smallest absolute Gasteiger partial charge is 0.336 e. The van der Waals surface area contributed by atoms with Crippen molar-refractivity contribution in [2.75, 3.05) is 0 Å². The zero-order valence-corrected chi connectivity index (χ0v) is 18.8. The Bertz CT molecular complexity index is 1270. The third kappa shape index (κ3) is 5.52. The van der Waals surface area contributed by atoms with Gasteiger partial charge in [-0.15, -0.1) is 0 Å². The Labute approximate surface area is 185 Å². The summed E-state index contributed by atoms with van der Waals surface area (Å²) in [4.78, 5) is 24.6. The molecule has 0 aliphatic heterocycles. The second-order valence-corrected chi connectivity index (χ2v) is 9.65. The number of aryl methyl sites for hydroxylation is 1. The van der Waals surface area contributed by atoms with Gasteiger partial charge in [0, 0.05) is 22.0 Å². The Kier molecular flexibility index (Phi) is 6.83. The number of hydrogen-bond acceptors (Lipinski definition) is 6. The topological polar surface area (TPSA) is 103 Å². The minimum atomic E-state index is -3.97. The fourth-order valence-electron chi connectivity index (χ4n) is 3.00. The van der Waals surface area contributed by atoms with Gasteiger partial charge in [-0.25, -0.2) is 13.2 Å². The second-order valence-electron chi connectivity index (χ2n) is 7.49. The van der Waals surface area contributed by atoms with Crippen molar-refractivity contribution in [3.05, 3.63) is 75.1 Å². The molecule has 164 valence electrons. The van der Waals surface area contributed by atoms with Gasteiger partial charge in [-0.05, 0) is 48.7 Å². The highest BCUT2D eigenvalue weighted by molar-refractivity contribution is 7.89. The molecule has 0 saturated heterocycles. The monoisotopic (exact) mass is 463 g/mol. The Morgan fingerprint density at radius 3 is 2.45 bits per heavy atom. The lowest BCUT2D eigenvalue weighted by Crippen LogP contribution is -2.45. The number of fused-ring (bicyclic) bond motifs is 1. The molecule has 0 spiro atoms. The van der Waals surface area contributed by atoms with Crippen molar-refractivity contribution in [1.29, 1.82) is 0 Å². The van der Waals surface area contributed by atoms with Gasteiger partial charge in [0.05, 0.1) is 4.90 Å². The van der Waals surface area contributed by atoms with E-state index in [2.05, 4.69) is 4.72 Å². The fraction of sp³-hybridized carbons (Fsp3) is 0.273. The van der Waals surface area contributed by atoms with E-state index in [1.165, 1.54) is 30.3 Å². The largest absolute Gasteiger partial charge is 0.460 e. The summed E-state index contributed by atoms with van der Waals surface area (Å²) in [5, 5.41) is 1.04. The molecule has 0 radical (unpaired) electrons. The van der Waals surface area contributed by atoms with Crippen LogP contribution in [0.4, 0.5) is 0 Å². The molecular weight excluding hydrogens is 442 g/mol. The van der Waals surface area contributed by atoms with E-state index < -0.39 is 27.7 Å². The predicted molar refractivity (Wildman–Crippen MR) is 117 cm³/mol. The van der Waals surface area contributed by atoms with Crippen LogP contribution in [0.3, 0.4) is 0 Å². The summed E-state index contributed by atoms with van der Waals surface area (Å²) in [7, 11) is -3.97. The first-order valence-electron chi connectivity index (χ1n) is 9.55. The summed E-state index contributed by atoms with van der Waals surface area (Å²) in [6.07, 6.45) is 0. The fourth-order valence-corrected chi connectivity index (χ4v) is 4.46.